The van der Waals surface area contributed by atoms with Gasteiger partial charge in [0.25, 0.3) is 0 Å². The highest BCUT2D eigenvalue weighted by Crippen LogP contribution is 2.23. The first-order valence-electron chi connectivity index (χ1n) is 6.98. The lowest BCUT2D eigenvalue weighted by molar-refractivity contribution is -0.183. The van der Waals surface area contributed by atoms with E-state index >= 15 is 0 Å². The van der Waals surface area contributed by atoms with Gasteiger partial charge in [-0.15, -0.1) is 0 Å². The van der Waals surface area contributed by atoms with Gasteiger partial charge in [0.15, 0.2) is 5.78 Å². The van der Waals surface area contributed by atoms with Crippen LogP contribution in [0.2, 0.25) is 0 Å². The number of ether oxygens (including phenoxy) is 3. The molecule has 0 heterocycles. The van der Waals surface area contributed by atoms with Crippen molar-refractivity contribution >= 4 is 17.7 Å². The molecule has 6 nitrogen and oxygen atoms in total. The van der Waals surface area contributed by atoms with E-state index in [4.69, 9.17) is 14.2 Å². The van der Waals surface area contributed by atoms with Crippen molar-refractivity contribution in [3.63, 3.8) is 0 Å². The molecule has 0 aromatic rings. The Bertz CT molecular complexity index is 319. The number of rotatable bonds is 10. The topological polar surface area (TPSA) is 78.9 Å². The number of hydrogen-bond acceptors (Lipinski definition) is 6. The Morgan fingerprint density at radius 2 is 1.50 bits per heavy atom. The van der Waals surface area contributed by atoms with E-state index < -0.39 is 29.7 Å². The van der Waals surface area contributed by atoms with Crippen LogP contribution < -0.4 is 0 Å². The van der Waals surface area contributed by atoms with Gasteiger partial charge in [-0.05, 0) is 27.2 Å². The first kappa shape index (κ1) is 18.6. The lowest BCUT2D eigenvalue weighted by Crippen LogP contribution is -2.52. The molecule has 0 rings (SSSR count). The molecule has 0 saturated carbocycles. The van der Waals surface area contributed by atoms with E-state index in [0.717, 1.165) is 0 Å². The van der Waals surface area contributed by atoms with E-state index in [1.165, 1.54) is 0 Å². The van der Waals surface area contributed by atoms with Gasteiger partial charge in [0, 0.05) is 13.0 Å². The molecule has 116 valence electrons. The minimum atomic E-state index is -1.88. The van der Waals surface area contributed by atoms with Crippen molar-refractivity contribution in [3.05, 3.63) is 0 Å². The van der Waals surface area contributed by atoms with Crippen molar-refractivity contribution in [2.75, 3.05) is 19.8 Å². The highest BCUT2D eigenvalue weighted by molar-refractivity contribution is 6.09. The van der Waals surface area contributed by atoms with Gasteiger partial charge in [0.05, 0.1) is 19.6 Å². The molecule has 6 heteroatoms. The van der Waals surface area contributed by atoms with E-state index in [1.807, 2.05) is 6.92 Å². The summed E-state index contributed by atoms with van der Waals surface area (Å²) in [5, 5.41) is 0. The monoisotopic (exact) mass is 288 g/mol. The molecular formula is C14H24O6. The van der Waals surface area contributed by atoms with Gasteiger partial charge in [-0.3, -0.25) is 9.59 Å². The fourth-order valence-electron chi connectivity index (χ4n) is 1.81. The zero-order valence-electron chi connectivity index (χ0n) is 12.7. The van der Waals surface area contributed by atoms with Crippen molar-refractivity contribution in [2.24, 2.45) is 0 Å². The molecule has 0 spiro atoms. The van der Waals surface area contributed by atoms with Gasteiger partial charge in [-0.2, -0.15) is 0 Å². The normalized spacial score (nSPS) is 13.4. The number of carbonyl (C=O) groups excluding carboxylic acids is 3. The first-order valence-corrected chi connectivity index (χ1v) is 6.98. The fraction of sp³-hybridized carbons (Fsp3) is 0.786. The number of hydrogen-bond donors (Lipinski definition) is 0. The average Bonchev–Trinajstić information content (AvgIpc) is 2.38. The third-order valence-electron chi connectivity index (χ3n) is 2.62. The molecule has 0 aromatic carbocycles. The standard InChI is InChI=1S/C14H24O6/c1-5-9-11(15)14(20-8-4,13(17)19-7-3)10-12(16)18-6-2/h5-10H2,1-4H3/t14-/m0/s1. The second-order valence-corrected chi connectivity index (χ2v) is 4.14. The summed E-state index contributed by atoms with van der Waals surface area (Å²) < 4.78 is 15.1. The summed E-state index contributed by atoms with van der Waals surface area (Å²) in [4.78, 5) is 36.1. The quantitative estimate of drug-likeness (QED) is 0.449. The van der Waals surface area contributed by atoms with Crippen LogP contribution in [0.1, 0.15) is 47.0 Å². The Morgan fingerprint density at radius 1 is 0.900 bits per heavy atom. The zero-order chi connectivity index (χ0) is 15.6. The number of Topliss-reactive ketones (excluding diaryl/α,β-unsaturated/α-hetero) is 1. The Labute approximate surface area is 119 Å². The maximum atomic E-state index is 12.3. The molecule has 1 atom stereocenters. The molecule has 0 aromatic heterocycles. The average molecular weight is 288 g/mol. The number of ketones is 1. The van der Waals surface area contributed by atoms with Crippen LogP contribution >= 0.6 is 0 Å². The van der Waals surface area contributed by atoms with Crippen LogP contribution in [0, 0.1) is 0 Å². The lowest BCUT2D eigenvalue weighted by Gasteiger charge is -2.28. The third kappa shape index (κ3) is 4.92. The van der Waals surface area contributed by atoms with Crippen LogP contribution in [0.4, 0.5) is 0 Å². The second kappa shape index (κ2) is 9.47. The van der Waals surface area contributed by atoms with E-state index in [9.17, 15) is 14.4 Å². The summed E-state index contributed by atoms with van der Waals surface area (Å²) in [7, 11) is 0. The predicted molar refractivity (Wildman–Crippen MR) is 72.2 cm³/mol. The maximum absolute atomic E-state index is 12.3. The van der Waals surface area contributed by atoms with Crippen molar-refractivity contribution in [1.29, 1.82) is 0 Å². The zero-order valence-corrected chi connectivity index (χ0v) is 12.7. The van der Waals surface area contributed by atoms with Crippen molar-refractivity contribution < 1.29 is 28.6 Å². The van der Waals surface area contributed by atoms with Gasteiger partial charge in [0.2, 0.25) is 5.60 Å². The molecule has 20 heavy (non-hydrogen) atoms. The summed E-state index contributed by atoms with van der Waals surface area (Å²) in [6, 6.07) is 0. The van der Waals surface area contributed by atoms with Crippen LogP contribution in [0.3, 0.4) is 0 Å². The molecule has 0 aliphatic carbocycles. The summed E-state index contributed by atoms with van der Waals surface area (Å²) >= 11 is 0. The maximum Gasteiger partial charge on any atom is 0.346 e. The highest BCUT2D eigenvalue weighted by atomic mass is 16.6. The highest BCUT2D eigenvalue weighted by Gasteiger charge is 2.49. The van der Waals surface area contributed by atoms with Crippen LogP contribution in [0.15, 0.2) is 0 Å². The molecule has 0 aliphatic rings. The Morgan fingerprint density at radius 3 is 1.95 bits per heavy atom. The van der Waals surface area contributed by atoms with Crippen molar-refractivity contribution in [3.8, 4) is 0 Å². The van der Waals surface area contributed by atoms with Crippen LogP contribution in [0.25, 0.3) is 0 Å². The number of carbonyl (C=O) groups is 3. The Kier molecular flexibility index (Phi) is 8.79. The molecule has 0 amide bonds. The molecule has 0 bridgehead atoms. The predicted octanol–water partition coefficient (Wildman–Crippen LogP) is 1.65. The molecular weight excluding hydrogens is 264 g/mol. The Hall–Kier alpha value is -1.43. The first-order chi connectivity index (χ1) is 9.48. The van der Waals surface area contributed by atoms with E-state index in [1.54, 1.807) is 20.8 Å². The molecule has 0 aliphatic heterocycles. The summed E-state index contributed by atoms with van der Waals surface area (Å²) in [5.41, 5.74) is -1.88. The molecule has 0 unspecified atom stereocenters. The molecule has 0 radical (unpaired) electrons. The van der Waals surface area contributed by atoms with Crippen LogP contribution in [-0.4, -0.2) is 43.1 Å². The Balaban J connectivity index is 5.36. The summed E-state index contributed by atoms with van der Waals surface area (Å²) in [5.74, 6) is -1.93. The van der Waals surface area contributed by atoms with E-state index in [-0.39, 0.29) is 26.2 Å². The van der Waals surface area contributed by atoms with Crippen molar-refractivity contribution in [1.82, 2.24) is 0 Å². The fourth-order valence-corrected chi connectivity index (χ4v) is 1.81. The van der Waals surface area contributed by atoms with Gasteiger partial charge in [-0.25, -0.2) is 4.79 Å². The van der Waals surface area contributed by atoms with Gasteiger partial charge >= 0.3 is 11.9 Å². The van der Waals surface area contributed by atoms with Gasteiger partial charge < -0.3 is 14.2 Å². The SMILES string of the molecule is CCCC(=O)[C@](CC(=O)OCC)(OCC)C(=O)OCC. The minimum Gasteiger partial charge on any atom is -0.466 e. The van der Waals surface area contributed by atoms with Gasteiger partial charge in [-0.1, -0.05) is 6.92 Å². The van der Waals surface area contributed by atoms with E-state index in [2.05, 4.69) is 0 Å². The van der Waals surface area contributed by atoms with E-state index in [0.29, 0.717) is 6.42 Å². The van der Waals surface area contributed by atoms with Crippen molar-refractivity contribution in [2.45, 2.75) is 52.6 Å². The smallest absolute Gasteiger partial charge is 0.346 e. The third-order valence-corrected chi connectivity index (χ3v) is 2.62. The summed E-state index contributed by atoms with van der Waals surface area (Å²) in [6.45, 7) is 7.14. The minimum absolute atomic E-state index is 0.107. The summed E-state index contributed by atoms with van der Waals surface area (Å²) in [6.07, 6.45) is 0.237. The second-order valence-electron chi connectivity index (χ2n) is 4.14. The molecule has 0 fully saturated rings. The largest absolute Gasteiger partial charge is 0.466 e. The molecule has 0 N–H and O–H groups in total. The lowest BCUT2D eigenvalue weighted by atomic mass is 9.91. The van der Waals surface area contributed by atoms with Crippen LogP contribution in [-0.2, 0) is 28.6 Å². The number of esters is 2. The molecule has 0 saturated heterocycles. The van der Waals surface area contributed by atoms with Gasteiger partial charge in [0.1, 0.15) is 0 Å². The van der Waals surface area contributed by atoms with Crippen LogP contribution in [0.5, 0.6) is 0 Å².